The Hall–Kier alpha value is -1.51. The number of halogens is 8. The molecule has 0 saturated heterocycles. The summed E-state index contributed by atoms with van der Waals surface area (Å²) in [6, 6.07) is 1.99. The van der Waals surface area contributed by atoms with Crippen molar-refractivity contribution in [2.24, 2.45) is 0 Å². The minimum absolute atomic E-state index is 0.139. The predicted molar refractivity (Wildman–Crippen MR) is 58.3 cm³/mol. The van der Waals surface area contributed by atoms with Crippen molar-refractivity contribution in [1.29, 1.82) is 0 Å². The first kappa shape index (κ1) is 17.5. The average Bonchev–Trinajstić information content (AvgIpc) is 2.36. The Morgan fingerprint density at radius 2 is 1.62 bits per heavy atom. The second-order valence-corrected chi connectivity index (χ2v) is 4.23. The molecule has 1 aromatic rings. The van der Waals surface area contributed by atoms with Gasteiger partial charge >= 0.3 is 18.0 Å². The zero-order chi connectivity index (χ0) is 16.6. The maximum atomic E-state index is 13.2. The molecule has 0 aliphatic heterocycles. The van der Waals surface area contributed by atoms with Crippen LogP contribution in [0.15, 0.2) is 18.2 Å². The SMILES string of the molecule is COc1cc(C(=O)C(F)(F)C(F)(F)C(F)(F)F)ccc1Cl. The molecular weight excluding hydrogens is 333 g/mol. The van der Waals surface area contributed by atoms with Gasteiger partial charge in [0.25, 0.3) is 0 Å². The molecule has 118 valence electrons. The fraction of sp³-hybridized carbons (Fsp3) is 0.364. The van der Waals surface area contributed by atoms with Gasteiger partial charge in [-0.3, -0.25) is 4.79 Å². The van der Waals surface area contributed by atoms with Gasteiger partial charge in [-0.2, -0.15) is 30.7 Å². The van der Waals surface area contributed by atoms with E-state index in [1.165, 1.54) is 0 Å². The number of carbonyl (C=O) groups excluding carboxylic acids is 1. The van der Waals surface area contributed by atoms with E-state index in [-0.39, 0.29) is 10.8 Å². The van der Waals surface area contributed by atoms with Gasteiger partial charge in [0.1, 0.15) is 5.75 Å². The molecule has 1 rings (SSSR count). The molecular formula is C11H6ClF7O2. The second kappa shape index (κ2) is 5.36. The molecule has 2 nitrogen and oxygen atoms in total. The number of alkyl halides is 7. The molecule has 0 unspecified atom stereocenters. The maximum absolute atomic E-state index is 13.2. The Labute approximate surface area is 118 Å². The summed E-state index contributed by atoms with van der Waals surface area (Å²) < 4.78 is 92.5. The Balaban J connectivity index is 3.30. The van der Waals surface area contributed by atoms with Gasteiger partial charge in [0.2, 0.25) is 5.78 Å². The zero-order valence-corrected chi connectivity index (χ0v) is 10.8. The van der Waals surface area contributed by atoms with Gasteiger partial charge in [-0.05, 0) is 18.2 Å². The fourth-order valence-electron chi connectivity index (χ4n) is 1.30. The normalized spacial score (nSPS) is 13.2. The van der Waals surface area contributed by atoms with Crippen molar-refractivity contribution in [3.8, 4) is 5.75 Å². The highest BCUT2D eigenvalue weighted by atomic mass is 35.5. The lowest BCUT2D eigenvalue weighted by Gasteiger charge is -2.27. The lowest BCUT2D eigenvalue weighted by molar-refractivity contribution is -0.339. The van der Waals surface area contributed by atoms with Gasteiger partial charge in [-0.1, -0.05) is 11.6 Å². The number of ketones is 1. The molecule has 0 aliphatic carbocycles. The second-order valence-electron chi connectivity index (χ2n) is 3.82. The number of benzene rings is 1. The van der Waals surface area contributed by atoms with Crippen LogP contribution in [0.3, 0.4) is 0 Å². The minimum atomic E-state index is -6.58. The molecule has 0 amide bonds. The van der Waals surface area contributed by atoms with Crippen LogP contribution in [0.1, 0.15) is 10.4 Å². The Morgan fingerprint density at radius 3 is 2.05 bits per heavy atom. The van der Waals surface area contributed by atoms with E-state index in [0.29, 0.717) is 12.1 Å². The molecule has 0 atom stereocenters. The van der Waals surface area contributed by atoms with Crippen LogP contribution in [-0.4, -0.2) is 30.9 Å². The number of methoxy groups -OCH3 is 1. The van der Waals surface area contributed by atoms with E-state index in [1.54, 1.807) is 0 Å². The largest absolute Gasteiger partial charge is 0.495 e. The maximum Gasteiger partial charge on any atom is 0.460 e. The summed E-state index contributed by atoms with van der Waals surface area (Å²) in [5.74, 6) is -15.5. The van der Waals surface area contributed by atoms with Gasteiger partial charge in [0, 0.05) is 5.56 Å². The van der Waals surface area contributed by atoms with E-state index in [1.807, 2.05) is 0 Å². The third kappa shape index (κ3) is 2.92. The first-order valence-electron chi connectivity index (χ1n) is 5.07. The van der Waals surface area contributed by atoms with Gasteiger partial charge in [0.15, 0.2) is 0 Å². The van der Waals surface area contributed by atoms with Crippen LogP contribution in [0, 0.1) is 0 Å². The number of rotatable bonds is 4. The Kier molecular flexibility index (Phi) is 4.48. The van der Waals surface area contributed by atoms with Crippen molar-refractivity contribution in [2.75, 3.05) is 7.11 Å². The summed E-state index contributed by atoms with van der Waals surface area (Å²) >= 11 is 5.53. The topological polar surface area (TPSA) is 26.3 Å². The first-order chi connectivity index (χ1) is 9.36. The van der Waals surface area contributed by atoms with E-state index in [9.17, 15) is 35.5 Å². The summed E-state index contributed by atoms with van der Waals surface area (Å²) in [7, 11) is 1.04. The minimum Gasteiger partial charge on any atom is -0.495 e. The molecule has 0 N–H and O–H groups in total. The van der Waals surface area contributed by atoms with E-state index in [2.05, 4.69) is 4.74 Å². The van der Waals surface area contributed by atoms with Crippen molar-refractivity contribution >= 4 is 17.4 Å². The summed E-state index contributed by atoms with van der Waals surface area (Å²) in [6.45, 7) is 0. The van der Waals surface area contributed by atoms with Crippen molar-refractivity contribution in [3.63, 3.8) is 0 Å². The van der Waals surface area contributed by atoms with Crippen LogP contribution >= 0.6 is 11.6 Å². The molecule has 0 spiro atoms. The lowest BCUT2D eigenvalue weighted by atomic mass is 10.00. The molecule has 0 bridgehead atoms. The smallest absolute Gasteiger partial charge is 0.460 e. The fourth-order valence-corrected chi connectivity index (χ4v) is 1.50. The summed E-state index contributed by atoms with van der Waals surface area (Å²) in [5.41, 5.74) is -1.09. The third-order valence-corrected chi connectivity index (χ3v) is 2.76. The third-order valence-electron chi connectivity index (χ3n) is 2.45. The molecule has 0 aromatic heterocycles. The molecule has 0 fully saturated rings. The summed E-state index contributed by atoms with van der Waals surface area (Å²) in [4.78, 5) is 11.3. The lowest BCUT2D eigenvalue weighted by Crippen LogP contribution is -2.56. The molecule has 0 radical (unpaired) electrons. The quantitative estimate of drug-likeness (QED) is 0.602. The highest BCUT2D eigenvalue weighted by Crippen LogP contribution is 2.48. The van der Waals surface area contributed by atoms with Crippen molar-refractivity contribution in [1.82, 2.24) is 0 Å². The predicted octanol–water partition coefficient (Wildman–Crippen LogP) is 4.36. The van der Waals surface area contributed by atoms with Crippen molar-refractivity contribution in [3.05, 3.63) is 28.8 Å². The standard InChI is InChI=1S/C11H6ClF7O2/c1-21-7-4-5(2-3-6(7)12)8(20)9(13,14)10(15,16)11(17,18)19/h2-4H,1H3. The Bertz CT molecular complexity index is 554. The van der Waals surface area contributed by atoms with Crippen LogP contribution in [0.2, 0.25) is 5.02 Å². The molecule has 1 aromatic carbocycles. The molecule has 0 heterocycles. The molecule has 0 saturated carbocycles. The number of Topliss-reactive ketones (excluding diaryl/α,β-unsaturated/α-hetero) is 1. The molecule has 10 heteroatoms. The molecule has 0 aliphatic rings. The zero-order valence-electron chi connectivity index (χ0n) is 10.1. The number of carbonyl (C=O) groups is 1. The van der Waals surface area contributed by atoms with Gasteiger partial charge in [0.05, 0.1) is 12.1 Å². The van der Waals surface area contributed by atoms with E-state index >= 15 is 0 Å². The van der Waals surface area contributed by atoms with Gasteiger partial charge < -0.3 is 4.74 Å². The Morgan fingerprint density at radius 1 is 1.10 bits per heavy atom. The van der Waals surface area contributed by atoms with E-state index in [4.69, 9.17) is 11.6 Å². The average molecular weight is 339 g/mol. The van der Waals surface area contributed by atoms with Gasteiger partial charge in [-0.25, -0.2) is 0 Å². The van der Waals surface area contributed by atoms with Crippen molar-refractivity contribution in [2.45, 2.75) is 18.0 Å². The number of hydrogen-bond acceptors (Lipinski definition) is 2. The monoisotopic (exact) mass is 338 g/mol. The van der Waals surface area contributed by atoms with E-state index in [0.717, 1.165) is 13.2 Å². The number of ether oxygens (including phenoxy) is 1. The van der Waals surface area contributed by atoms with Gasteiger partial charge in [-0.15, -0.1) is 0 Å². The first-order valence-corrected chi connectivity index (χ1v) is 5.44. The van der Waals surface area contributed by atoms with Crippen LogP contribution in [-0.2, 0) is 0 Å². The highest BCUT2D eigenvalue weighted by molar-refractivity contribution is 6.32. The van der Waals surface area contributed by atoms with Crippen LogP contribution < -0.4 is 4.74 Å². The van der Waals surface area contributed by atoms with Crippen LogP contribution in [0.25, 0.3) is 0 Å². The number of hydrogen-bond donors (Lipinski definition) is 0. The molecule has 21 heavy (non-hydrogen) atoms. The van der Waals surface area contributed by atoms with Crippen LogP contribution in [0.5, 0.6) is 5.75 Å². The summed E-state index contributed by atoms with van der Waals surface area (Å²) in [5, 5.41) is -0.139. The van der Waals surface area contributed by atoms with Crippen LogP contribution in [0.4, 0.5) is 30.7 Å². The summed E-state index contributed by atoms with van der Waals surface area (Å²) in [6.07, 6.45) is -6.58. The highest BCUT2D eigenvalue weighted by Gasteiger charge is 2.76. The van der Waals surface area contributed by atoms with E-state index < -0.39 is 29.4 Å². The van der Waals surface area contributed by atoms with Crippen molar-refractivity contribution < 1.29 is 40.3 Å².